The van der Waals surface area contributed by atoms with Crippen molar-refractivity contribution >= 4 is 34.8 Å². The van der Waals surface area contributed by atoms with E-state index in [-0.39, 0.29) is 24.3 Å². The number of fused-ring (bicyclic) bond motifs is 1. The molecule has 0 aromatic heterocycles. The maximum Gasteiger partial charge on any atom is 0.264 e. The lowest BCUT2D eigenvalue weighted by Gasteiger charge is -2.28. The molecule has 25 heavy (non-hydrogen) atoms. The van der Waals surface area contributed by atoms with Crippen molar-refractivity contribution in [2.75, 3.05) is 29.2 Å². The first kappa shape index (κ1) is 16.5. The Kier molecular flexibility index (Phi) is 4.38. The van der Waals surface area contributed by atoms with Gasteiger partial charge in [-0.2, -0.15) is 0 Å². The molecular formula is C18H17N3O4. The summed E-state index contributed by atoms with van der Waals surface area (Å²) in [6.07, 6.45) is 0. The van der Waals surface area contributed by atoms with Crippen molar-refractivity contribution in [1.82, 2.24) is 0 Å². The smallest absolute Gasteiger partial charge is 0.264 e. The highest BCUT2D eigenvalue weighted by molar-refractivity contribution is 6.09. The van der Waals surface area contributed by atoms with E-state index in [1.165, 1.54) is 11.8 Å². The van der Waals surface area contributed by atoms with E-state index in [0.29, 0.717) is 28.4 Å². The number of carbonyl (C=O) groups is 3. The van der Waals surface area contributed by atoms with Gasteiger partial charge in [-0.25, -0.2) is 0 Å². The molecule has 0 atom stereocenters. The van der Waals surface area contributed by atoms with Crippen LogP contribution in [0.3, 0.4) is 0 Å². The molecule has 1 aliphatic rings. The molecule has 3 amide bonds. The standard InChI is InChI=1S/C18H17N3O4/c1-11(22)19-13-6-3-5-12(9-13)18(24)20-14-7-4-8-15-17(14)21(2)16(23)10-25-15/h3-9H,10H2,1-2H3,(H,19,22)(H,20,24). The first-order chi connectivity index (χ1) is 12.0. The van der Waals surface area contributed by atoms with Gasteiger partial charge in [0.25, 0.3) is 11.8 Å². The maximum atomic E-state index is 12.6. The Labute approximate surface area is 144 Å². The van der Waals surface area contributed by atoms with Gasteiger partial charge in [0.2, 0.25) is 5.91 Å². The molecular weight excluding hydrogens is 322 g/mol. The number of ether oxygens (including phenoxy) is 1. The lowest BCUT2D eigenvalue weighted by Crippen LogP contribution is -2.36. The van der Waals surface area contributed by atoms with Gasteiger partial charge < -0.3 is 20.3 Å². The Morgan fingerprint density at radius 3 is 2.64 bits per heavy atom. The Bertz CT molecular complexity index is 863. The molecule has 0 bridgehead atoms. The van der Waals surface area contributed by atoms with Gasteiger partial charge in [-0.1, -0.05) is 12.1 Å². The van der Waals surface area contributed by atoms with Crippen LogP contribution in [0.25, 0.3) is 0 Å². The second-order valence-electron chi connectivity index (χ2n) is 5.61. The number of hydrogen-bond acceptors (Lipinski definition) is 4. The van der Waals surface area contributed by atoms with Crippen LogP contribution in [0.4, 0.5) is 17.1 Å². The second-order valence-corrected chi connectivity index (χ2v) is 5.61. The lowest BCUT2D eigenvalue weighted by atomic mass is 10.1. The van der Waals surface area contributed by atoms with Gasteiger partial charge in [0.1, 0.15) is 11.4 Å². The van der Waals surface area contributed by atoms with E-state index >= 15 is 0 Å². The van der Waals surface area contributed by atoms with Crippen molar-refractivity contribution in [2.45, 2.75) is 6.92 Å². The number of para-hydroxylation sites is 1. The average Bonchev–Trinajstić information content (AvgIpc) is 2.58. The van der Waals surface area contributed by atoms with Crippen LogP contribution in [-0.2, 0) is 9.59 Å². The monoisotopic (exact) mass is 339 g/mol. The Hall–Kier alpha value is -3.35. The minimum atomic E-state index is -0.355. The molecule has 0 spiro atoms. The molecule has 7 nitrogen and oxygen atoms in total. The molecule has 7 heteroatoms. The van der Waals surface area contributed by atoms with Crippen LogP contribution in [0.2, 0.25) is 0 Å². The number of amides is 3. The molecule has 2 N–H and O–H groups in total. The van der Waals surface area contributed by atoms with Crippen molar-refractivity contribution in [3.63, 3.8) is 0 Å². The molecule has 0 fully saturated rings. The number of rotatable bonds is 3. The van der Waals surface area contributed by atoms with Gasteiger partial charge in [0, 0.05) is 25.2 Å². The van der Waals surface area contributed by atoms with E-state index in [0.717, 1.165) is 0 Å². The van der Waals surface area contributed by atoms with Crippen LogP contribution in [0.1, 0.15) is 17.3 Å². The van der Waals surface area contributed by atoms with Crippen molar-refractivity contribution < 1.29 is 19.1 Å². The van der Waals surface area contributed by atoms with Gasteiger partial charge in [0.05, 0.1) is 5.69 Å². The van der Waals surface area contributed by atoms with Gasteiger partial charge in [-0.05, 0) is 30.3 Å². The molecule has 0 saturated carbocycles. The van der Waals surface area contributed by atoms with Crippen molar-refractivity contribution in [2.24, 2.45) is 0 Å². The summed E-state index contributed by atoms with van der Waals surface area (Å²) >= 11 is 0. The van der Waals surface area contributed by atoms with Crippen LogP contribution < -0.4 is 20.3 Å². The van der Waals surface area contributed by atoms with Crippen LogP contribution in [-0.4, -0.2) is 31.4 Å². The SMILES string of the molecule is CC(=O)Nc1cccc(C(=O)Nc2cccc3c2N(C)C(=O)CO3)c1. The van der Waals surface area contributed by atoms with Crippen molar-refractivity contribution in [3.05, 3.63) is 48.0 Å². The summed E-state index contributed by atoms with van der Waals surface area (Å²) in [5.74, 6) is -0.229. The normalized spacial score (nSPS) is 12.9. The molecule has 2 aromatic rings. The molecule has 0 unspecified atom stereocenters. The van der Waals surface area contributed by atoms with Gasteiger partial charge in [0.15, 0.2) is 6.61 Å². The summed E-state index contributed by atoms with van der Waals surface area (Å²) in [5.41, 5.74) is 1.91. The number of hydrogen-bond donors (Lipinski definition) is 2. The molecule has 0 radical (unpaired) electrons. The molecule has 0 aliphatic carbocycles. The Balaban J connectivity index is 1.87. The highest BCUT2D eigenvalue weighted by Crippen LogP contribution is 2.38. The van der Waals surface area contributed by atoms with E-state index in [9.17, 15) is 14.4 Å². The Morgan fingerprint density at radius 2 is 1.88 bits per heavy atom. The molecule has 0 saturated heterocycles. The van der Waals surface area contributed by atoms with Crippen molar-refractivity contribution in [3.8, 4) is 5.75 Å². The summed E-state index contributed by atoms with van der Waals surface area (Å²) in [5, 5.41) is 5.43. The van der Waals surface area contributed by atoms with E-state index < -0.39 is 0 Å². The van der Waals surface area contributed by atoms with Gasteiger partial charge >= 0.3 is 0 Å². The maximum absolute atomic E-state index is 12.6. The summed E-state index contributed by atoms with van der Waals surface area (Å²) in [4.78, 5) is 37.0. The minimum absolute atomic E-state index is 0.0281. The molecule has 1 aliphatic heterocycles. The zero-order valence-electron chi connectivity index (χ0n) is 13.8. The topological polar surface area (TPSA) is 87.7 Å². The largest absolute Gasteiger partial charge is 0.481 e. The third kappa shape index (κ3) is 3.45. The summed E-state index contributed by atoms with van der Waals surface area (Å²) in [6.45, 7) is 1.37. The first-order valence-electron chi connectivity index (χ1n) is 7.67. The Morgan fingerprint density at radius 1 is 1.12 bits per heavy atom. The van der Waals surface area contributed by atoms with E-state index in [2.05, 4.69) is 10.6 Å². The fraction of sp³-hybridized carbons (Fsp3) is 0.167. The molecule has 128 valence electrons. The van der Waals surface area contributed by atoms with E-state index in [1.54, 1.807) is 49.5 Å². The van der Waals surface area contributed by atoms with Gasteiger partial charge in [-0.3, -0.25) is 14.4 Å². The number of benzene rings is 2. The fourth-order valence-corrected chi connectivity index (χ4v) is 2.58. The summed E-state index contributed by atoms with van der Waals surface area (Å²) in [7, 11) is 1.64. The summed E-state index contributed by atoms with van der Waals surface area (Å²) < 4.78 is 5.41. The number of anilines is 3. The zero-order valence-corrected chi connectivity index (χ0v) is 13.8. The predicted octanol–water partition coefficient (Wildman–Crippen LogP) is 2.25. The van der Waals surface area contributed by atoms with Crippen molar-refractivity contribution in [1.29, 1.82) is 0 Å². The van der Waals surface area contributed by atoms with Gasteiger partial charge in [-0.15, -0.1) is 0 Å². The number of likely N-dealkylation sites (N-methyl/N-ethyl adjacent to an activating group) is 1. The quantitative estimate of drug-likeness (QED) is 0.898. The summed E-state index contributed by atoms with van der Waals surface area (Å²) in [6, 6.07) is 11.8. The number of nitrogens with one attached hydrogen (secondary N) is 2. The number of carbonyl (C=O) groups excluding carboxylic acids is 3. The highest BCUT2D eigenvalue weighted by Gasteiger charge is 2.25. The van der Waals surface area contributed by atoms with Crippen LogP contribution in [0, 0.1) is 0 Å². The minimum Gasteiger partial charge on any atom is -0.481 e. The molecule has 2 aromatic carbocycles. The molecule has 3 rings (SSSR count). The van der Waals surface area contributed by atoms with Crippen LogP contribution in [0.5, 0.6) is 5.75 Å². The predicted molar refractivity (Wildman–Crippen MR) is 94.0 cm³/mol. The zero-order chi connectivity index (χ0) is 18.0. The second kappa shape index (κ2) is 6.64. The van der Waals surface area contributed by atoms with Crippen LogP contribution >= 0.6 is 0 Å². The third-order valence-corrected chi connectivity index (χ3v) is 3.75. The lowest BCUT2D eigenvalue weighted by molar-refractivity contribution is -0.121. The first-order valence-corrected chi connectivity index (χ1v) is 7.67. The highest BCUT2D eigenvalue weighted by atomic mass is 16.5. The number of nitrogens with zero attached hydrogens (tertiary/aromatic N) is 1. The van der Waals surface area contributed by atoms with E-state index in [1.807, 2.05) is 0 Å². The third-order valence-electron chi connectivity index (χ3n) is 3.75. The molecule has 1 heterocycles. The average molecular weight is 339 g/mol. The van der Waals surface area contributed by atoms with Crippen LogP contribution in [0.15, 0.2) is 42.5 Å². The fourth-order valence-electron chi connectivity index (χ4n) is 2.58. The van der Waals surface area contributed by atoms with E-state index in [4.69, 9.17) is 4.74 Å².